The summed E-state index contributed by atoms with van der Waals surface area (Å²) in [5.74, 6) is -2.50. The SMILES string of the molecule is CC(C)(C)OC(=O)N[C@H]1CCCCC/C=C\[C@H]2C[C@@]2(C(=O)O)NC(=O)[C@@H]2C[C@@H](Oc3nc4ccccc4o3)CN2C1=O. The van der Waals surface area contributed by atoms with E-state index in [0.29, 0.717) is 23.9 Å². The summed E-state index contributed by atoms with van der Waals surface area (Å²) in [7, 11) is 0. The van der Waals surface area contributed by atoms with Crippen LogP contribution in [0.3, 0.4) is 0 Å². The molecule has 1 saturated carbocycles. The lowest BCUT2D eigenvalue weighted by molar-refractivity contribution is -0.145. The van der Waals surface area contributed by atoms with Gasteiger partial charge in [0.15, 0.2) is 5.58 Å². The van der Waals surface area contributed by atoms with Crippen molar-refractivity contribution in [1.29, 1.82) is 0 Å². The fourth-order valence-corrected chi connectivity index (χ4v) is 5.64. The highest BCUT2D eigenvalue weighted by Gasteiger charge is 2.61. The Morgan fingerprint density at radius 3 is 2.71 bits per heavy atom. The van der Waals surface area contributed by atoms with E-state index in [4.69, 9.17) is 13.9 Å². The molecule has 1 aliphatic carbocycles. The Morgan fingerprint density at radius 1 is 1.19 bits per heavy atom. The van der Waals surface area contributed by atoms with Crippen molar-refractivity contribution in [3.05, 3.63) is 36.4 Å². The first-order valence-corrected chi connectivity index (χ1v) is 14.5. The van der Waals surface area contributed by atoms with Crippen LogP contribution in [-0.4, -0.2) is 74.7 Å². The Bertz CT molecular complexity index is 1350. The van der Waals surface area contributed by atoms with Gasteiger partial charge in [-0.1, -0.05) is 37.1 Å². The van der Waals surface area contributed by atoms with E-state index in [2.05, 4.69) is 15.6 Å². The molecule has 2 aromatic rings. The number of para-hydroxylation sites is 2. The number of carboxylic acid groups (broad SMARTS) is 1. The minimum Gasteiger partial charge on any atom is -0.479 e. The summed E-state index contributed by atoms with van der Waals surface area (Å²) in [6.45, 7) is 5.22. The summed E-state index contributed by atoms with van der Waals surface area (Å²) in [6, 6.07) is 5.19. The number of nitrogens with zero attached hydrogens (tertiary/aromatic N) is 2. The first-order chi connectivity index (χ1) is 19.9. The monoisotopic (exact) mass is 582 g/mol. The second kappa shape index (κ2) is 11.7. The molecule has 226 valence electrons. The molecule has 1 aromatic heterocycles. The molecule has 2 fully saturated rings. The quantitative estimate of drug-likeness (QED) is 0.458. The topological polar surface area (TPSA) is 160 Å². The summed E-state index contributed by atoms with van der Waals surface area (Å²) in [6.07, 6.45) is 6.22. The number of nitrogens with one attached hydrogen (secondary N) is 2. The van der Waals surface area contributed by atoms with Crippen molar-refractivity contribution in [2.24, 2.45) is 5.92 Å². The van der Waals surface area contributed by atoms with Crippen molar-refractivity contribution in [2.75, 3.05) is 6.54 Å². The minimum absolute atomic E-state index is 0.00892. The fourth-order valence-electron chi connectivity index (χ4n) is 5.64. The van der Waals surface area contributed by atoms with E-state index >= 15 is 0 Å². The number of benzene rings is 1. The lowest BCUT2D eigenvalue weighted by atomic mass is 10.0. The maximum Gasteiger partial charge on any atom is 0.408 e. The standard InChI is InChI=1S/C30H38N4O8/c1-29(2,3)42-27(39)31-21-13-8-6-4-5-7-11-18-16-30(18,26(37)38)33-24(35)22-15-19(17-34(22)25(21)36)40-28-32-20-12-9-10-14-23(20)41-28/h7,9-12,14,18-19,21-22H,4-6,8,13,15-17H2,1-3H3,(H,31,39)(H,33,35)(H,37,38)/b11-7-/t18-,19+,21-,22-,30+/m0/s1. The van der Waals surface area contributed by atoms with Gasteiger partial charge in [0.1, 0.15) is 34.8 Å². The second-order valence-corrected chi connectivity index (χ2v) is 12.3. The van der Waals surface area contributed by atoms with Crippen LogP contribution in [0.2, 0.25) is 0 Å². The highest BCUT2D eigenvalue weighted by molar-refractivity contribution is 5.96. The lowest BCUT2D eigenvalue weighted by Gasteiger charge is -2.30. The zero-order chi connectivity index (χ0) is 30.1. The number of hydrogen-bond acceptors (Lipinski definition) is 8. The van der Waals surface area contributed by atoms with Gasteiger partial charge in [-0.3, -0.25) is 9.59 Å². The Balaban J connectivity index is 1.41. The molecule has 42 heavy (non-hydrogen) atoms. The molecular weight excluding hydrogens is 544 g/mol. The van der Waals surface area contributed by atoms with Crippen LogP contribution in [0.15, 0.2) is 40.8 Å². The van der Waals surface area contributed by atoms with Crippen molar-refractivity contribution in [2.45, 2.75) is 95.0 Å². The molecule has 3 aliphatic rings. The molecule has 2 aliphatic heterocycles. The van der Waals surface area contributed by atoms with Crippen LogP contribution >= 0.6 is 0 Å². The molecule has 3 N–H and O–H groups in total. The van der Waals surface area contributed by atoms with Crippen molar-refractivity contribution < 1.29 is 38.2 Å². The third-order valence-electron chi connectivity index (χ3n) is 7.85. The predicted molar refractivity (Wildman–Crippen MR) is 151 cm³/mol. The minimum atomic E-state index is -1.42. The Kier molecular flexibility index (Phi) is 8.16. The number of carbonyl (C=O) groups excluding carboxylic acids is 3. The normalized spacial score (nSPS) is 29.4. The number of carbonyl (C=O) groups is 4. The van der Waals surface area contributed by atoms with Gasteiger partial charge < -0.3 is 34.5 Å². The van der Waals surface area contributed by atoms with Gasteiger partial charge in [-0.2, -0.15) is 4.98 Å². The van der Waals surface area contributed by atoms with Gasteiger partial charge in [0.25, 0.3) is 0 Å². The average molecular weight is 583 g/mol. The van der Waals surface area contributed by atoms with Crippen LogP contribution in [0, 0.1) is 5.92 Å². The molecule has 5 rings (SSSR count). The van der Waals surface area contributed by atoms with E-state index in [1.165, 1.54) is 4.90 Å². The van der Waals surface area contributed by atoms with Crippen LogP contribution in [0.25, 0.3) is 11.1 Å². The number of aliphatic carboxylic acids is 1. The van der Waals surface area contributed by atoms with Gasteiger partial charge in [-0.15, -0.1) is 0 Å². The van der Waals surface area contributed by atoms with E-state index < -0.39 is 53.2 Å². The van der Waals surface area contributed by atoms with E-state index in [9.17, 15) is 24.3 Å². The summed E-state index contributed by atoms with van der Waals surface area (Å²) >= 11 is 0. The second-order valence-electron chi connectivity index (χ2n) is 12.3. The molecular formula is C30H38N4O8. The number of alkyl carbamates (subject to hydrolysis) is 1. The zero-order valence-electron chi connectivity index (χ0n) is 24.1. The number of fused-ring (bicyclic) bond motifs is 3. The first-order valence-electron chi connectivity index (χ1n) is 14.5. The number of ether oxygens (including phenoxy) is 2. The lowest BCUT2D eigenvalue weighted by Crippen LogP contribution is -2.56. The van der Waals surface area contributed by atoms with Crippen molar-refractivity contribution >= 4 is 35.0 Å². The Labute approximate surface area is 243 Å². The van der Waals surface area contributed by atoms with Gasteiger partial charge in [0, 0.05) is 12.3 Å². The van der Waals surface area contributed by atoms with Gasteiger partial charge in [-0.05, 0) is 58.6 Å². The molecule has 1 saturated heterocycles. The summed E-state index contributed by atoms with van der Waals surface area (Å²) in [5, 5.41) is 15.5. The zero-order valence-corrected chi connectivity index (χ0v) is 24.1. The molecule has 3 amide bonds. The Morgan fingerprint density at radius 2 is 1.98 bits per heavy atom. The summed E-state index contributed by atoms with van der Waals surface area (Å²) < 4.78 is 17.1. The number of amides is 3. The van der Waals surface area contributed by atoms with Crippen molar-refractivity contribution in [3.63, 3.8) is 0 Å². The fraction of sp³-hybridized carbons (Fsp3) is 0.567. The molecule has 12 heteroatoms. The number of rotatable bonds is 4. The maximum atomic E-state index is 14.0. The number of carboxylic acids is 1. The van der Waals surface area contributed by atoms with Gasteiger partial charge in [-0.25, -0.2) is 9.59 Å². The van der Waals surface area contributed by atoms with Gasteiger partial charge in [0.05, 0.1) is 6.54 Å². The van der Waals surface area contributed by atoms with Crippen LogP contribution in [0.5, 0.6) is 6.08 Å². The van der Waals surface area contributed by atoms with Gasteiger partial charge in [0.2, 0.25) is 11.8 Å². The average Bonchev–Trinajstić information content (AvgIpc) is 3.24. The molecule has 5 atom stereocenters. The van der Waals surface area contributed by atoms with E-state index in [0.717, 1.165) is 19.3 Å². The smallest absolute Gasteiger partial charge is 0.408 e. The van der Waals surface area contributed by atoms with E-state index in [1.54, 1.807) is 32.9 Å². The van der Waals surface area contributed by atoms with Crippen molar-refractivity contribution in [1.82, 2.24) is 20.5 Å². The molecule has 3 heterocycles. The highest BCUT2D eigenvalue weighted by atomic mass is 16.6. The number of hydrogen-bond donors (Lipinski definition) is 3. The number of allylic oxidation sites excluding steroid dienone is 1. The summed E-state index contributed by atoms with van der Waals surface area (Å²) in [5.41, 5.74) is -1.05. The van der Waals surface area contributed by atoms with Crippen LogP contribution in [0.1, 0.15) is 65.7 Å². The maximum absolute atomic E-state index is 14.0. The molecule has 0 bridgehead atoms. The van der Waals surface area contributed by atoms with Crippen LogP contribution < -0.4 is 15.4 Å². The molecule has 0 radical (unpaired) electrons. The van der Waals surface area contributed by atoms with E-state index in [1.807, 2.05) is 24.3 Å². The third-order valence-corrected chi connectivity index (χ3v) is 7.85. The van der Waals surface area contributed by atoms with Crippen LogP contribution in [-0.2, 0) is 19.1 Å². The molecule has 0 spiro atoms. The first kappa shape index (κ1) is 29.4. The summed E-state index contributed by atoms with van der Waals surface area (Å²) in [4.78, 5) is 58.4. The van der Waals surface area contributed by atoms with Crippen LogP contribution in [0.4, 0.5) is 4.79 Å². The Hall–Kier alpha value is -4.09. The number of oxazole rings is 1. The van der Waals surface area contributed by atoms with E-state index in [-0.39, 0.29) is 31.4 Å². The highest BCUT2D eigenvalue weighted by Crippen LogP contribution is 2.45. The predicted octanol–water partition coefficient (Wildman–Crippen LogP) is 3.55. The largest absolute Gasteiger partial charge is 0.479 e. The molecule has 0 unspecified atom stereocenters. The third kappa shape index (κ3) is 6.52. The van der Waals surface area contributed by atoms with Gasteiger partial charge >= 0.3 is 18.1 Å². The molecule has 1 aromatic carbocycles. The number of aromatic nitrogens is 1. The van der Waals surface area contributed by atoms with Crippen molar-refractivity contribution in [3.8, 4) is 6.08 Å². The molecule has 12 nitrogen and oxygen atoms in total.